The summed E-state index contributed by atoms with van der Waals surface area (Å²) in [4.78, 5) is 20.6. The Morgan fingerprint density at radius 3 is 1.17 bits per heavy atom. The van der Waals surface area contributed by atoms with Gasteiger partial charge in [-0.3, -0.25) is 9.98 Å². The largest absolute Gasteiger partial charge is 0.370 e. The molecule has 0 heterocycles. The highest BCUT2D eigenvalue weighted by molar-refractivity contribution is 5.78. The monoisotopic (exact) mass is 506 g/mol. The van der Waals surface area contributed by atoms with E-state index in [0.717, 1.165) is 89.6 Å². The number of nitrogens with two attached hydrogens (primary N) is 2. The fourth-order valence-corrected chi connectivity index (χ4v) is 3.98. The summed E-state index contributed by atoms with van der Waals surface area (Å²) in [5.41, 5.74) is 11.7. The van der Waals surface area contributed by atoms with E-state index in [1.54, 1.807) is 0 Å². The van der Waals surface area contributed by atoms with E-state index < -0.39 is 0 Å². The number of unbranched alkanes of at least 4 members (excludes halogenated alkanes) is 10. The lowest BCUT2D eigenvalue weighted by Crippen LogP contribution is -2.36. The third-order valence-electron chi connectivity index (χ3n) is 6.82. The van der Waals surface area contributed by atoms with Gasteiger partial charge in [0.05, 0.1) is 0 Å². The first-order chi connectivity index (χ1) is 17.6. The van der Waals surface area contributed by atoms with E-state index in [9.17, 15) is 4.79 Å². The number of carbonyl (C=O) groups excluding carboxylic acids is 1. The van der Waals surface area contributed by atoms with Gasteiger partial charge < -0.3 is 32.7 Å². The second kappa shape index (κ2) is 19.9. The number of aliphatic imine (C=N–C) groups is 2. The molecule has 0 bridgehead atoms. The first-order valence-corrected chi connectivity index (χ1v) is 14.7. The van der Waals surface area contributed by atoms with Crippen molar-refractivity contribution in [1.82, 2.24) is 21.3 Å². The lowest BCUT2D eigenvalue weighted by molar-refractivity contribution is 0.240. The van der Waals surface area contributed by atoms with Gasteiger partial charge in [0, 0.05) is 39.3 Å². The molecule has 0 atom stereocenters. The summed E-state index contributed by atoms with van der Waals surface area (Å²) in [7, 11) is 0. The number of rotatable bonds is 22. The number of nitrogens with zero attached hydrogens (tertiary/aromatic N) is 2. The molecule has 2 fully saturated rings. The van der Waals surface area contributed by atoms with Crippen LogP contribution in [0.1, 0.15) is 103 Å². The highest BCUT2D eigenvalue weighted by Crippen LogP contribution is 2.29. The Morgan fingerprint density at radius 2 is 0.833 bits per heavy atom. The topological polar surface area (TPSA) is 142 Å². The van der Waals surface area contributed by atoms with E-state index in [2.05, 4.69) is 31.3 Å². The molecule has 8 N–H and O–H groups in total. The van der Waals surface area contributed by atoms with Crippen LogP contribution in [0.3, 0.4) is 0 Å². The van der Waals surface area contributed by atoms with E-state index in [1.807, 2.05) is 0 Å². The third kappa shape index (κ3) is 19.1. The molecule has 2 aliphatic carbocycles. The zero-order valence-corrected chi connectivity index (χ0v) is 22.7. The zero-order valence-electron chi connectivity index (χ0n) is 22.7. The number of hydrogen-bond donors (Lipinski definition) is 6. The van der Waals surface area contributed by atoms with Gasteiger partial charge in [-0.1, -0.05) is 51.4 Å². The number of nitrogens with one attached hydrogen (secondary N) is 4. The molecular weight excluding hydrogens is 452 g/mol. The zero-order chi connectivity index (χ0) is 25.7. The molecule has 0 saturated heterocycles. The Balaban J connectivity index is 1.23. The Bertz CT molecular complexity index is 579. The van der Waals surface area contributed by atoms with Crippen LogP contribution in [0.25, 0.3) is 0 Å². The Kier molecular flexibility index (Phi) is 16.6. The van der Waals surface area contributed by atoms with Gasteiger partial charge in [0.2, 0.25) is 0 Å². The average molecular weight is 507 g/mol. The number of urea groups is 1. The minimum Gasteiger partial charge on any atom is -0.370 e. The molecule has 0 aromatic carbocycles. The van der Waals surface area contributed by atoms with Gasteiger partial charge in [0.15, 0.2) is 11.9 Å². The average Bonchev–Trinajstić information content (AvgIpc) is 3.79. The molecule has 0 spiro atoms. The first kappa shape index (κ1) is 30.0. The highest BCUT2D eigenvalue weighted by Gasteiger charge is 2.20. The summed E-state index contributed by atoms with van der Waals surface area (Å²) >= 11 is 0. The van der Waals surface area contributed by atoms with Crippen LogP contribution in [0.15, 0.2) is 9.98 Å². The Morgan fingerprint density at radius 1 is 0.528 bits per heavy atom. The van der Waals surface area contributed by atoms with Crippen molar-refractivity contribution < 1.29 is 4.79 Å². The standard InChI is InChI=1S/C27H54N8O/c28-25(34-21-23-13-14-23)30-17-9-5-1-3-7-11-19-32-27(36)33-20-12-8-4-2-6-10-18-31-26(29)35-22-24-15-16-24/h23-24H,1-22H2,(H3,28,30,34)(H3,29,31,35)(H2,32,33,36). The highest BCUT2D eigenvalue weighted by atomic mass is 16.2. The molecule has 2 saturated carbocycles. The fourth-order valence-electron chi connectivity index (χ4n) is 3.98. The van der Waals surface area contributed by atoms with Crippen LogP contribution < -0.4 is 32.7 Å². The second-order valence-corrected chi connectivity index (χ2v) is 10.6. The normalized spacial score (nSPS) is 16.1. The molecular formula is C27H54N8O. The molecule has 9 nitrogen and oxygen atoms in total. The predicted octanol–water partition coefficient (Wildman–Crippen LogP) is 3.60. The van der Waals surface area contributed by atoms with Crippen molar-refractivity contribution in [3.63, 3.8) is 0 Å². The summed E-state index contributed by atoms with van der Waals surface area (Å²) < 4.78 is 0. The van der Waals surface area contributed by atoms with Crippen LogP contribution in [0.5, 0.6) is 0 Å². The second-order valence-electron chi connectivity index (χ2n) is 10.6. The van der Waals surface area contributed by atoms with Crippen LogP contribution >= 0.6 is 0 Å². The molecule has 2 rings (SSSR count). The summed E-state index contributed by atoms with van der Waals surface area (Å²) in [6.45, 7) is 5.10. The fraction of sp³-hybridized carbons (Fsp3) is 0.889. The lowest BCUT2D eigenvalue weighted by Gasteiger charge is -2.08. The molecule has 0 radical (unpaired) electrons. The van der Waals surface area contributed by atoms with Gasteiger partial charge in [-0.15, -0.1) is 0 Å². The van der Waals surface area contributed by atoms with Gasteiger partial charge >= 0.3 is 6.03 Å². The van der Waals surface area contributed by atoms with E-state index >= 15 is 0 Å². The van der Waals surface area contributed by atoms with Crippen LogP contribution in [-0.4, -0.2) is 57.2 Å². The number of carbonyl (C=O) groups is 1. The third-order valence-corrected chi connectivity index (χ3v) is 6.82. The molecule has 0 aromatic rings. The molecule has 36 heavy (non-hydrogen) atoms. The van der Waals surface area contributed by atoms with Crippen molar-refractivity contribution in [3.8, 4) is 0 Å². The van der Waals surface area contributed by atoms with Gasteiger partial charge in [-0.2, -0.15) is 0 Å². The quantitative estimate of drug-likeness (QED) is 0.0756. The molecule has 2 amide bonds. The van der Waals surface area contributed by atoms with Crippen LogP contribution in [0.2, 0.25) is 0 Å². The van der Waals surface area contributed by atoms with Crippen molar-refractivity contribution >= 4 is 18.0 Å². The van der Waals surface area contributed by atoms with Gasteiger partial charge in [-0.05, 0) is 63.2 Å². The molecule has 2 aliphatic rings. The summed E-state index contributed by atoms with van der Waals surface area (Å²) in [5, 5.41) is 12.3. The molecule has 9 heteroatoms. The summed E-state index contributed by atoms with van der Waals surface area (Å²) in [6.07, 6.45) is 19.2. The van der Waals surface area contributed by atoms with E-state index in [-0.39, 0.29) is 6.03 Å². The Hall–Kier alpha value is -2.19. The minimum atomic E-state index is -0.0333. The molecule has 0 aromatic heterocycles. The van der Waals surface area contributed by atoms with Crippen LogP contribution in [-0.2, 0) is 0 Å². The molecule has 0 aliphatic heterocycles. The lowest BCUT2D eigenvalue weighted by atomic mass is 10.1. The maximum Gasteiger partial charge on any atom is 0.314 e. The SMILES string of the molecule is NC(=NCC1CC1)NCCCCCCCCNC(=O)NCCCCCCCCNC(N)=NCC1CC1. The Labute approximate surface area is 219 Å². The van der Waals surface area contributed by atoms with Gasteiger partial charge in [0.25, 0.3) is 0 Å². The van der Waals surface area contributed by atoms with Crippen molar-refractivity contribution in [2.45, 2.75) is 103 Å². The van der Waals surface area contributed by atoms with Crippen molar-refractivity contribution in [3.05, 3.63) is 0 Å². The number of hydrogen-bond acceptors (Lipinski definition) is 3. The maximum atomic E-state index is 11.9. The summed E-state index contributed by atoms with van der Waals surface area (Å²) in [5.74, 6) is 2.77. The van der Waals surface area contributed by atoms with E-state index in [4.69, 9.17) is 11.5 Å². The van der Waals surface area contributed by atoms with Gasteiger partial charge in [0.1, 0.15) is 0 Å². The maximum absolute atomic E-state index is 11.9. The number of amides is 2. The minimum absolute atomic E-state index is 0.0333. The summed E-state index contributed by atoms with van der Waals surface area (Å²) in [6, 6.07) is -0.0333. The van der Waals surface area contributed by atoms with Crippen molar-refractivity contribution in [2.24, 2.45) is 33.3 Å². The van der Waals surface area contributed by atoms with E-state index in [1.165, 1.54) is 64.2 Å². The number of guanidine groups is 2. The van der Waals surface area contributed by atoms with Gasteiger partial charge in [-0.25, -0.2) is 4.79 Å². The predicted molar refractivity (Wildman–Crippen MR) is 151 cm³/mol. The van der Waals surface area contributed by atoms with Crippen LogP contribution in [0.4, 0.5) is 4.79 Å². The van der Waals surface area contributed by atoms with Crippen molar-refractivity contribution in [1.29, 1.82) is 0 Å². The molecule has 0 unspecified atom stereocenters. The van der Waals surface area contributed by atoms with Crippen molar-refractivity contribution in [2.75, 3.05) is 39.3 Å². The smallest absolute Gasteiger partial charge is 0.314 e. The molecule has 208 valence electrons. The van der Waals surface area contributed by atoms with E-state index in [0.29, 0.717) is 11.9 Å². The first-order valence-electron chi connectivity index (χ1n) is 14.7. The van der Waals surface area contributed by atoms with Crippen LogP contribution in [0, 0.1) is 11.8 Å².